The van der Waals surface area contributed by atoms with E-state index >= 15 is 0 Å². The summed E-state index contributed by atoms with van der Waals surface area (Å²) in [4.78, 5) is 12.4. The van der Waals surface area contributed by atoms with Crippen LogP contribution in [0.3, 0.4) is 0 Å². The van der Waals surface area contributed by atoms with Gasteiger partial charge in [-0.15, -0.1) is 0 Å². The molecule has 0 saturated carbocycles. The fourth-order valence-corrected chi connectivity index (χ4v) is 2.33. The fourth-order valence-electron chi connectivity index (χ4n) is 1.76. The lowest BCUT2D eigenvalue weighted by molar-refractivity contribution is 0.837. The Hall–Kier alpha value is -0.930. The van der Waals surface area contributed by atoms with Crippen molar-refractivity contribution in [2.45, 2.75) is 20.3 Å². The summed E-state index contributed by atoms with van der Waals surface area (Å²) in [6, 6.07) is 0. The maximum Gasteiger partial charge on any atom is 0.158 e. The molecule has 1 aliphatic heterocycles. The molecule has 1 aliphatic rings. The molecule has 0 spiro atoms. The molecule has 2 heterocycles. The van der Waals surface area contributed by atoms with Gasteiger partial charge in [-0.05, 0) is 18.1 Å². The number of hydrogen-bond acceptors (Lipinski definition) is 3. The summed E-state index contributed by atoms with van der Waals surface area (Å²) < 4.78 is 0. The Kier molecular flexibility index (Phi) is 3.26. The average molecular weight is 256 g/mol. The minimum atomic E-state index is 0.216. The van der Waals surface area contributed by atoms with Crippen LogP contribution in [0.4, 0.5) is 0 Å². The largest absolute Gasteiger partial charge is 0.235 e. The molecule has 0 amide bonds. The molecule has 84 valence electrons. The van der Waals surface area contributed by atoms with E-state index in [0.29, 0.717) is 15.7 Å². The second kappa shape index (κ2) is 4.52. The SMILES string of the molecule is CCC1=C(Cl)N=c2c(Cl)ncnc2=CC1C. The lowest BCUT2D eigenvalue weighted by Gasteiger charge is -2.08. The van der Waals surface area contributed by atoms with Crippen LogP contribution < -0.4 is 10.7 Å². The van der Waals surface area contributed by atoms with Crippen LogP contribution in [0.15, 0.2) is 22.0 Å². The van der Waals surface area contributed by atoms with Crippen molar-refractivity contribution in [2.75, 3.05) is 0 Å². The van der Waals surface area contributed by atoms with Crippen molar-refractivity contribution in [1.29, 1.82) is 0 Å². The molecule has 3 nitrogen and oxygen atoms in total. The first-order valence-corrected chi connectivity index (χ1v) is 5.84. The second-order valence-electron chi connectivity index (χ2n) is 3.64. The van der Waals surface area contributed by atoms with Crippen LogP contribution >= 0.6 is 23.2 Å². The van der Waals surface area contributed by atoms with Gasteiger partial charge in [0.25, 0.3) is 0 Å². The van der Waals surface area contributed by atoms with E-state index in [1.165, 1.54) is 6.33 Å². The van der Waals surface area contributed by atoms with Crippen LogP contribution in [0, 0.1) is 5.92 Å². The van der Waals surface area contributed by atoms with E-state index in [2.05, 4.69) is 28.8 Å². The second-order valence-corrected chi connectivity index (χ2v) is 4.35. The number of fused-ring (bicyclic) bond motifs is 1. The Balaban J connectivity index is 2.79. The number of allylic oxidation sites excluding steroid dienone is 1. The van der Waals surface area contributed by atoms with Crippen LogP contribution in [0.25, 0.3) is 6.08 Å². The van der Waals surface area contributed by atoms with Crippen LogP contribution in [0.1, 0.15) is 20.3 Å². The molecule has 5 heteroatoms. The van der Waals surface area contributed by atoms with Crippen LogP contribution in [0.5, 0.6) is 0 Å². The molecule has 1 aromatic heterocycles. The number of rotatable bonds is 1. The third kappa shape index (κ3) is 1.97. The van der Waals surface area contributed by atoms with Gasteiger partial charge in [-0.25, -0.2) is 15.0 Å². The van der Waals surface area contributed by atoms with Crippen molar-refractivity contribution in [1.82, 2.24) is 9.97 Å². The van der Waals surface area contributed by atoms with Gasteiger partial charge < -0.3 is 0 Å². The van der Waals surface area contributed by atoms with Crippen molar-refractivity contribution >= 4 is 29.3 Å². The number of nitrogens with zero attached hydrogens (tertiary/aromatic N) is 3. The van der Waals surface area contributed by atoms with Gasteiger partial charge in [0.1, 0.15) is 16.8 Å². The molecule has 1 unspecified atom stereocenters. The summed E-state index contributed by atoms with van der Waals surface area (Å²) >= 11 is 12.1. The minimum Gasteiger partial charge on any atom is -0.235 e. The van der Waals surface area contributed by atoms with Gasteiger partial charge in [-0.1, -0.05) is 37.0 Å². The molecule has 1 atom stereocenters. The summed E-state index contributed by atoms with van der Waals surface area (Å²) in [5.41, 5.74) is 1.09. The number of hydrogen-bond donors (Lipinski definition) is 0. The molecule has 0 aliphatic carbocycles. The summed E-state index contributed by atoms with van der Waals surface area (Å²) in [6.45, 7) is 4.13. The normalized spacial score (nSPS) is 19.6. The zero-order chi connectivity index (χ0) is 11.7. The van der Waals surface area contributed by atoms with E-state index in [1.807, 2.05) is 6.08 Å². The number of aromatic nitrogens is 2. The molecular weight excluding hydrogens is 245 g/mol. The molecule has 0 fully saturated rings. The van der Waals surface area contributed by atoms with Crippen molar-refractivity contribution in [3.8, 4) is 0 Å². The summed E-state index contributed by atoms with van der Waals surface area (Å²) in [5.74, 6) is 0.216. The predicted molar refractivity (Wildman–Crippen MR) is 64.6 cm³/mol. The van der Waals surface area contributed by atoms with Gasteiger partial charge in [0, 0.05) is 5.92 Å². The lowest BCUT2D eigenvalue weighted by Crippen LogP contribution is -2.30. The van der Waals surface area contributed by atoms with Crippen molar-refractivity contribution < 1.29 is 0 Å². The molecular formula is C11H11Cl2N3. The molecule has 0 bridgehead atoms. The van der Waals surface area contributed by atoms with E-state index in [4.69, 9.17) is 23.2 Å². The summed E-state index contributed by atoms with van der Waals surface area (Å²) in [7, 11) is 0. The molecule has 16 heavy (non-hydrogen) atoms. The smallest absolute Gasteiger partial charge is 0.158 e. The van der Waals surface area contributed by atoms with Crippen molar-refractivity contribution in [2.24, 2.45) is 10.9 Å². The Bertz CT molecular complexity index is 563. The quantitative estimate of drug-likeness (QED) is 0.569. The van der Waals surface area contributed by atoms with E-state index in [1.54, 1.807) is 0 Å². The molecule has 2 rings (SSSR count). The maximum atomic E-state index is 6.16. The highest BCUT2D eigenvalue weighted by atomic mass is 35.5. The first kappa shape index (κ1) is 11.6. The number of halogens is 2. The molecule has 1 aromatic rings. The van der Waals surface area contributed by atoms with Crippen molar-refractivity contribution in [3.05, 3.63) is 32.9 Å². The molecule has 0 radical (unpaired) electrons. The Morgan fingerprint density at radius 3 is 2.75 bits per heavy atom. The fraction of sp³-hybridized carbons (Fsp3) is 0.364. The standard InChI is InChI=1S/C11H11Cl2N3/c1-3-7-6(2)4-8-9(16-10(7)12)11(13)15-5-14-8/h4-6H,3H2,1-2H3. The topological polar surface area (TPSA) is 38.1 Å². The third-order valence-corrected chi connectivity index (χ3v) is 3.22. The average Bonchev–Trinajstić information content (AvgIpc) is 2.35. The summed E-state index contributed by atoms with van der Waals surface area (Å²) in [6.07, 6.45) is 4.31. The van der Waals surface area contributed by atoms with Crippen LogP contribution in [0.2, 0.25) is 5.15 Å². The highest BCUT2D eigenvalue weighted by molar-refractivity contribution is 6.30. The highest BCUT2D eigenvalue weighted by Gasteiger charge is 2.13. The molecule has 0 aromatic carbocycles. The van der Waals surface area contributed by atoms with Crippen LogP contribution in [-0.4, -0.2) is 9.97 Å². The first-order chi connectivity index (χ1) is 7.63. The van der Waals surface area contributed by atoms with Gasteiger partial charge >= 0.3 is 0 Å². The van der Waals surface area contributed by atoms with E-state index in [-0.39, 0.29) is 5.92 Å². The van der Waals surface area contributed by atoms with Crippen molar-refractivity contribution in [3.63, 3.8) is 0 Å². The Morgan fingerprint density at radius 2 is 2.06 bits per heavy atom. The summed E-state index contributed by atoms with van der Waals surface area (Å²) in [5, 5.41) is 2.14. The molecule has 0 saturated heterocycles. The van der Waals surface area contributed by atoms with E-state index in [0.717, 1.165) is 17.3 Å². The lowest BCUT2D eigenvalue weighted by atomic mass is 10.00. The van der Waals surface area contributed by atoms with Gasteiger partial charge in [-0.3, -0.25) is 0 Å². The minimum absolute atomic E-state index is 0.216. The third-order valence-electron chi connectivity index (χ3n) is 2.62. The predicted octanol–water partition coefficient (Wildman–Crippen LogP) is 2.04. The van der Waals surface area contributed by atoms with E-state index in [9.17, 15) is 0 Å². The maximum absolute atomic E-state index is 6.16. The zero-order valence-electron chi connectivity index (χ0n) is 9.04. The Labute approximate surface area is 104 Å². The Morgan fingerprint density at radius 1 is 1.31 bits per heavy atom. The van der Waals surface area contributed by atoms with Gasteiger partial charge in [0.2, 0.25) is 0 Å². The zero-order valence-corrected chi connectivity index (χ0v) is 10.5. The van der Waals surface area contributed by atoms with Gasteiger partial charge in [0.15, 0.2) is 5.15 Å². The highest BCUT2D eigenvalue weighted by Crippen LogP contribution is 2.24. The first-order valence-electron chi connectivity index (χ1n) is 5.09. The van der Waals surface area contributed by atoms with E-state index < -0.39 is 0 Å². The van der Waals surface area contributed by atoms with Gasteiger partial charge in [0.05, 0.1) is 5.35 Å². The molecule has 0 N–H and O–H groups in total. The monoisotopic (exact) mass is 255 g/mol. The van der Waals surface area contributed by atoms with Crippen LogP contribution in [-0.2, 0) is 0 Å². The van der Waals surface area contributed by atoms with Gasteiger partial charge in [-0.2, -0.15) is 0 Å².